The van der Waals surface area contributed by atoms with Crippen molar-refractivity contribution in [1.29, 1.82) is 0 Å². The van der Waals surface area contributed by atoms with Crippen LogP contribution in [0.15, 0.2) is 48.5 Å². The van der Waals surface area contributed by atoms with E-state index in [1.807, 2.05) is 6.07 Å². The van der Waals surface area contributed by atoms with Gasteiger partial charge in [0.2, 0.25) is 0 Å². The van der Waals surface area contributed by atoms with Crippen LogP contribution in [0.4, 0.5) is 0 Å². The molecule has 1 heterocycles. The van der Waals surface area contributed by atoms with Gasteiger partial charge in [0.05, 0.1) is 13.2 Å². The summed E-state index contributed by atoms with van der Waals surface area (Å²) in [4.78, 5) is 24.2. The van der Waals surface area contributed by atoms with Crippen LogP contribution in [0.1, 0.15) is 42.6 Å². The van der Waals surface area contributed by atoms with E-state index in [1.165, 1.54) is 6.08 Å². The summed E-state index contributed by atoms with van der Waals surface area (Å²) in [5, 5.41) is 9.53. The number of phenolic OH excluding ortho intramolecular Hbond substituents is 1. The Bertz CT molecular complexity index is 884. The molecule has 1 aliphatic rings. The van der Waals surface area contributed by atoms with E-state index >= 15 is 0 Å². The van der Waals surface area contributed by atoms with Gasteiger partial charge in [0.15, 0.2) is 0 Å². The first-order valence-corrected chi connectivity index (χ1v) is 9.14. The summed E-state index contributed by atoms with van der Waals surface area (Å²) in [6, 6.07) is 11.9. The smallest absolute Gasteiger partial charge is 0.330 e. The van der Waals surface area contributed by atoms with E-state index in [0.717, 1.165) is 11.1 Å². The average molecular weight is 382 g/mol. The molecule has 0 unspecified atom stereocenters. The molecule has 0 radical (unpaired) electrons. The Hall–Kier alpha value is -3.28. The lowest BCUT2D eigenvalue weighted by molar-refractivity contribution is -0.146. The van der Waals surface area contributed by atoms with Crippen molar-refractivity contribution in [2.45, 2.75) is 25.9 Å². The summed E-state index contributed by atoms with van der Waals surface area (Å²) in [6.45, 7) is 4.06. The quantitative estimate of drug-likeness (QED) is 0.605. The normalized spacial score (nSPS) is 17.8. The van der Waals surface area contributed by atoms with Gasteiger partial charge >= 0.3 is 11.9 Å². The molecule has 6 heteroatoms. The minimum atomic E-state index is -0.643. The van der Waals surface area contributed by atoms with Gasteiger partial charge in [0, 0.05) is 11.6 Å². The number of fused-ring (bicyclic) bond motifs is 1. The number of aromatic hydroxyl groups is 1. The molecule has 0 amide bonds. The first kappa shape index (κ1) is 19.5. The molecule has 2 aromatic rings. The van der Waals surface area contributed by atoms with E-state index in [2.05, 4.69) is 0 Å². The molecule has 0 bridgehead atoms. The fraction of sp³-hybridized carbons (Fsp3) is 0.273. The zero-order valence-electron chi connectivity index (χ0n) is 15.8. The fourth-order valence-electron chi connectivity index (χ4n) is 3.15. The van der Waals surface area contributed by atoms with Gasteiger partial charge in [0.1, 0.15) is 23.5 Å². The molecular formula is C22H22O6. The standard InChI is InChI=1S/C22H22O6/c1-3-26-19(24)12-6-14-5-11-18-17(13-14)20(22(25)27-4-2)21(28-18)15-7-9-16(23)10-8-15/h5-13,20-21,23H,3-4H2,1-2H3/b12-6+/t20-,21+/m0/s1. The van der Waals surface area contributed by atoms with Crippen LogP contribution in [0.3, 0.4) is 0 Å². The van der Waals surface area contributed by atoms with Crippen molar-refractivity contribution >= 4 is 18.0 Å². The van der Waals surface area contributed by atoms with Gasteiger partial charge in [-0.2, -0.15) is 0 Å². The fourth-order valence-corrected chi connectivity index (χ4v) is 3.15. The second-order valence-corrected chi connectivity index (χ2v) is 6.24. The highest BCUT2D eigenvalue weighted by molar-refractivity contribution is 5.87. The average Bonchev–Trinajstić information content (AvgIpc) is 3.06. The maximum absolute atomic E-state index is 12.7. The van der Waals surface area contributed by atoms with Gasteiger partial charge in [-0.3, -0.25) is 4.79 Å². The number of rotatable bonds is 6. The lowest BCUT2D eigenvalue weighted by atomic mass is 9.90. The van der Waals surface area contributed by atoms with Crippen molar-refractivity contribution in [3.63, 3.8) is 0 Å². The molecule has 0 aliphatic carbocycles. The third-order valence-corrected chi connectivity index (χ3v) is 4.39. The molecular weight excluding hydrogens is 360 g/mol. The predicted molar refractivity (Wildman–Crippen MR) is 103 cm³/mol. The van der Waals surface area contributed by atoms with E-state index in [4.69, 9.17) is 14.2 Å². The van der Waals surface area contributed by atoms with Crippen molar-refractivity contribution in [2.24, 2.45) is 0 Å². The number of phenols is 1. The van der Waals surface area contributed by atoms with Crippen molar-refractivity contribution in [2.75, 3.05) is 13.2 Å². The van der Waals surface area contributed by atoms with Crippen LogP contribution in [0.2, 0.25) is 0 Å². The Labute approximate surface area is 163 Å². The van der Waals surface area contributed by atoms with Crippen LogP contribution in [-0.4, -0.2) is 30.3 Å². The molecule has 0 spiro atoms. The number of hydrogen-bond acceptors (Lipinski definition) is 6. The molecule has 2 aromatic carbocycles. The topological polar surface area (TPSA) is 82.1 Å². The summed E-state index contributed by atoms with van der Waals surface area (Å²) in [6.07, 6.45) is 2.42. The molecule has 2 atom stereocenters. The Balaban J connectivity index is 1.94. The molecule has 0 saturated heterocycles. The minimum absolute atomic E-state index is 0.137. The van der Waals surface area contributed by atoms with Gasteiger partial charge in [-0.15, -0.1) is 0 Å². The number of carbonyl (C=O) groups is 2. The number of benzene rings is 2. The Morgan fingerprint density at radius 1 is 1.07 bits per heavy atom. The van der Waals surface area contributed by atoms with E-state index in [-0.39, 0.29) is 18.3 Å². The van der Waals surface area contributed by atoms with Crippen LogP contribution in [0.5, 0.6) is 11.5 Å². The first-order valence-electron chi connectivity index (χ1n) is 9.14. The van der Waals surface area contributed by atoms with Gasteiger partial charge in [-0.25, -0.2) is 4.79 Å². The Morgan fingerprint density at radius 2 is 1.79 bits per heavy atom. The molecule has 1 N–H and O–H groups in total. The molecule has 1 aliphatic heterocycles. The highest BCUT2D eigenvalue weighted by Gasteiger charge is 2.41. The van der Waals surface area contributed by atoms with Gasteiger partial charge in [-0.05, 0) is 55.3 Å². The molecule has 0 saturated carbocycles. The van der Waals surface area contributed by atoms with E-state index in [9.17, 15) is 14.7 Å². The number of carbonyl (C=O) groups excluding carboxylic acids is 2. The molecule has 28 heavy (non-hydrogen) atoms. The lowest BCUT2D eigenvalue weighted by Crippen LogP contribution is -2.21. The maximum Gasteiger partial charge on any atom is 0.330 e. The monoisotopic (exact) mass is 382 g/mol. The summed E-state index contributed by atoms with van der Waals surface area (Å²) in [5.41, 5.74) is 2.20. The number of esters is 2. The third kappa shape index (κ3) is 4.17. The summed E-state index contributed by atoms with van der Waals surface area (Å²) in [5.74, 6) is -0.729. The Kier molecular flexibility index (Phi) is 5.99. The first-order chi connectivity index (χ1) is 13.5. The van der Waals surface area contributed by atoms with Gasteiger partial charge < -0.3 is 19.3 Å². The zero-order valence-corrected chi connectivity index (χ0v) is 15.8. The van der Waals surface area contributed by atoms with Crippen molar-refractivity contribution in [3.05, 3.63) is 65.2 Å². The lowest BCUT2D eigenvalue weighted by Gasteiger charge is -2.18. The Morgan fingerprint density at radius 3 is 2.46 bits per heavy atom. The van der Waals surface area contributed by atoms with E-state index in [0.29, 0.717) is 17.9 Å². The van der Waals surface area contributed by atoms with Crippen LogP contribution in [-0.2, 0) is 19.1 Å². The molecule has 6 nitrogen and oxygen atoms in total. The number of hydrogen-bond donors (Lipinski definition) is 1. The van der Waals surface area contributed by atoms with Crippen molar-refractivity contribution in [3.8, 4) is 11.5 Å². The third-order valence-electron chi connectivity index (χ3n) is 4.39. The molecule has 0 fully saturated rings. The highest BCUT2D eigenvalue weighted by Crippen LogP contribution is 2.47. The minimum Gasteiger partial charge on any atom is -0.508 e. The van der Waals surface area contributed by atoms with Crippen molar-refractivity contribution < 1.29 is 28.9 Å². The van der Waals surface area contributed by atoms with Crippen LogP contribution in [0.25, 0.3) is 6.08 Å². The summed E-state index contributed by atoms with van der Waals surface area (Å²) < 4.78 is 16.2. The van der Waals surface area contributed by atoms with Gasteiger partial charge in [0.25, 0.3) is 0 Å². The second kappa shape index (κ2) is 8.61. The predicted octanol–water partition coefficient (Wildman–Crippen LogP) is 3.75. The zero-order chi connectivity index (χ0) is 20.1. The molecule has 0 aromatic heterocycles. The SMILES string of the molecule is CCOC(=O)/C=C/c1ccc2c(c1)[C@H](C(=O)OCC)[C@@H](c1ccc(O)cc1)O2. The van der Waals surface area contributed by atoms with Gasteiger partial charge in [-0.1, -0.05) is 18.2 Å². The summed E-state index contributed by atoms with van der Waals surface area (Å²) >= 11 is 0. The largest absolute Gasteiger partial charge is 0.508 e. The molecule has 146 valence electrons. The molecule has 3 rings (SSSR count). The van der Waals surface area contributed by atoms with Crippen molar-refractivity contribution in [1.82, 2.24) is 0 Å². The second-order valence-electron chi connectivity index (χ2n) is 6.24. The van der Waals surface area contributed by atoms with Crippen LogP contribution >= 0.6 is 0 Å². The van der Waals surface area contributed by atoms with E-state index in [1.54, 1.807) is 56.3 Å². The number of ether oxygens (including phenoxy) is 3. The van der Waals surface area contributed by atoms with Crippen LogP contribution < -0.4 is 4.74 Å². The summed E-state index contributed by atoms with van der Waals surface area (Å²) in [7, 11) is 0. The maximum atomic E-state index is 12.7. The highest BCUT2D eigenvalue weighted by atomic mass is 16.5. The van der Waals surface area contributed by atoms with E-state index < -0.39 is 18.0 Å². The van der Waals surface area contributed by atoms with Crippen LogP contribution in [0, 0.1) is 0 Å².